The maximum atomic E-state index is 12.2. The van der Waals surface area contributed by atoms with Crippen molar-refractivity contribution in [3.8, 4) is 0 Å². The van der Waals surface area contributed by atoms with Crippen LogP contribution < -0.4 is 5.32 Å². The molecule has 2 aromatic carbocycles. The summed E-state index contributed by atoms with van der Waals surface area (Å²) in [5.74, 6) is -2.86. The molecule has 8 heteroatoms. The molecule has 29 heavy (non-hydrogen) atoms. The number of aromatic carboxylic acids is 2. The van der Waals surface area contributed by atoms with Gasteiger partial charge in [0.05, 0.1) is 21.7 Å². The highest BCUT2D eigenvalue weighted by Gasteiger charge is 2.24. The largest absolute Gasteiger partial charge is 0.478 e. The first-order valence-corrected chi connectivity index (χ1v) is 9.28. The van der Waals surface area contributed by atoms with Gasteiger partial charge in [-0.2, -0.15) is 0 Å². The van der Waals surface area contributed by atoms with Crippen LogP contribution in [0.25, 0.3) is 6.08 Å². The number of nitrogens with one attached hydrogen (secondary N) is 1. The fraction of sp³-hybridized carbons (Fsp3) is 0.0476. The fourth-order valence-electron chi connectivity index (χ4n) is 2.58. The number of benzene rings is 2. The van der Waals surface area contributed by atoms with Crippen molar-refractivity contribution in [3.63, 3.8) is 0 Å². The Morgan fingerprint density at radius 3 is 2.24 bits per heavy atom. The number of amides is 1. The summed E-state index contributed by atoms with van der Waals surface area (Å²) in [5, 5.41) is 21.1. The third-order valence-electron chi connectivity index (χ3n) is 3.85. The van der Waals surface area contributed by atoms with Crippen molar-refractivity contribution in [2.24, 2.45) is 4.99 Å². The number of carboxylic acids is 2. The number of allylic oxidation sites excluding steroid dienone is 2. The lowest BCUT2D eigenvalue weighted by Gasteiger charge is -2.02. The molecule has 0 radical (unpaired) electrons. The van der Waals surface area contributed by atoms with E-state index in [0.717, 1.165) is 29.0 Å². The zero-order chi connectivity index (χ0) is 21.0. The van der Waals surface area contributed by atoms with Gasteiger partial charge in [-0.05, 0) is 54.1 Å². The third-order valence-corrected chi connectivity index (χ3v) is 4.76. The molecule has 2 aromatic rings. The molecule has 146 valence electrons. The fourth-order valence-corrected chi connectivity index (χ4v) is 3.47. The van der Waals surface area contributed by atoms with Crippen molar-refractivity contribution in [2.45, 2.75) is 6.92 Å². The van der Waals surface area contributed by atoms with E-state index in [9.17, 15) is 14.4 Å². The van der Waals surface area contributed by atoms with Gasteiger partial charge in [-0.3, -0.25) is 4.79 Å². The van der Waals surface area contributed by atoms with Crippen LogP contribution in [0, 0.1) is 0 Å². The van der Waals surface area contributed by atoms with Crippen LogP contribution in [0.15, 0.2) is 70.1 Å². The van der Waals surface area contributed by atoms with Gasteiger partial charge < -0.3 is 15.5 Å². The minimum Gasteiger partial charge on any atom is -0.478 e. The predicted molar refractivity (Wildman–Crippen MR) is 111 cm³/mol. The van der Waals surface area contributed by atoms with E-state index in [1.807, 2.05) is 43.3 Å². The maximum absolute atomic E-state index is 12.2. The molecule has 0 unspecified atom stereocenters. The lowest BCUT2D eigenvalue weighted by atomic mass is 10.1. The first kappa shape index (κ1) is 20.1. The van der Waals surface area contributed by atoms with Crippen LogP contribution in [-0.2, 0) is 4.79 Å². The molecule has 3 rings (SSSR count). The number of amidine groups is 1. The summed E-state index contributed by atoms with van der Waals surface area (Å²) in [6, 6.07) is 13.2. The molecule has 0 aromatic heterocycles. The first-order valence-electron chi connectivity index (χ1n) is 8.46. The number of aliphatic imine (C=N–C) groups is 1. The van der Waals surface area contributed by atoms with E-state index in [0.29, 0.717) is 4.91 Å². The highest BCUT2D eigenvalue weighted by molar-refractivity contribution is 8.18. The van der Waals surface area contributed by atoms with E-state index >= 15 is 0 Å². The highest BCUT2D eigenvalue weighted by Crippen LogP contribution is 2.28. The molecule has 0 aliphatic carbocycles. The van der Waals surface area contributed by atoms with Crippen molar-refractivity contribution >= 4 is 46.5 Å². The predicted octanol–water partition coefficient (Wildman–Crippen LogP) is 3.92. The van der Waals surface area contributed by atoms with Gasteiger partial charge in [0.15, 0.2) is 5.17 Å². The van der Waals surface area contributed by atoms with Crippen molar-refractivity contribution in [1.82, 2.24) is 5.32 Å². The lowest BCUT2D eigenvalue weighted by Crippen LogP contribution is -2.19. The number of carbonyl (C=O) groups is 3. The lowest BCUT2D eigenvalue weighted by molar-refractivity contribution is -0.115. The van der Waals surface area contributed by atoms with Crippen molar-refractivity contribution in [1.29, 1.82) is 0 Å². The second kappa shape index (κ2) is 8.57. The molecule has 1 aliphatic rings. The summed E-state index contributed by atoms with van der Waals surface area (Å²) in [7, 11) is 0. The van der Waals surface area contributed by atoms with E-state index in [1.165, 1.54) is 12.1 Å². The number of hydrogen-bond acceptors (Lipinski definition) is 5. The highest BCUT2D eigenvalue weighted by atomic mass is 32.2. The molecular weight excluding hydrogens is 392 g/mol. The quantitative estimate of drug-likeness (QED) is 0.646. The molecule has 0 spiro atoms. The third kappa shape index (κ3) is 5.20. The maximum Gasteiger partial charge on any atom is 0.335 e. The summed E-state index contributed by atoms with van der Waals surface area (Å²) in [5.41, 5.74) is 1.61. The summed E-state index contributed by atoms with van der Waals surface area (Å²) in [6.07, 6.45) is 3.66. The molecule has 1 aliphatic heterocycles. The number of nitrogens with zero attached hydrogens (tertiary/aromatic N) is 1. The van der Waals surface area contributed by atoms with E-state index in [-0.39, 0.29) is 27.9 Å². The van der Waals surface area contributed by atoms with Gasteiger partial charge >= 0.3 is 11.9 Å². The molecular formula is C21H16N2O5S. The van der Waals surface area contributed by atoms with Gasteiger partial charge in [-0.15, -0.1) is 0 Å². The zero-order valence-electron chi connectivity index (χ0n) is 15.2. The van der Waals surface area contributed by atoms with E-state index < -0.39 is 11.9 Å². The number of rotatable bonds is 5. The normalized spacial score (nSPS) is 16.9. The van der Waals surface area contributed by atoms with Crippen LogP contribution in [0.4, 0.5) is 5.69 Å². The monoisotopic (exact) mass is 408 g/mol. The van der Waals surface area contributed by atoms with E-state index in [4.69, 9.17) is 10.2 Å². The van der Waals surface area contributed by atoms with Crippen molar-refractivity contribution in [3.05, 3.63) is 81.8 Å². The second-order valence-electron chi connectivity index (χ2n) is 6.16. The van der Waals surface area contributed by atoms with Gasteiger partial charge in [0, 0.05) is 0 Å². The minimum atomic E-state index is -1.26. The Hall–Kier alpha value is -3.65. The van der Waals surface area contributed by atoms with Gasteiger partial charge in [-0.25, -0.2) is 14.6 Å². The Balaban J connectivity index is 1.86. The summed E-state index contributed by atoms with van der Waals surface area (Å²) in [6.45, 7) is 1.87. The van der Waals surface area contributed by atoms with E-state index in [1.54, 1.807) is 6.08 Å². The van der Waals surface area contributed by atoms with Crippen LogP contribution in [0.3, 0.4) is 0 Å². The first-order chi connectivity index (χ1) is 13.8. The topological polar surface area (TPSA) is 116 Å². The van der Waals surface area contributed by atoms with Crippen LogP contribution in [0.2, 0.25) is 0 Å². The average molecular weight is 408 g/mol. The van der Waals surface area contributed by atoms with Crippen LogP contribution in [0.5, 0.6) is 0 Å². The average Bonchev–Trinajstić information content (AvgIpc) is 3.00. The summed E-state index contributed by atoms with van der Waals surface area (Å²) < 4.78 is 0. The molecule has 3 N–H and O–H groups in total. The zero-order valence-corrected chi connectivity index (χ0v) is 16.1. The van der Waals surface area contributed by atoms with Crippen molar-refractivity contribution in [2.75, 3.05) is 0 Å². The van der Waals surface area contributed by atoms with Crippen LogP contribution >= 0.6 is 11.8 Å². The molecule has 0 atom stereocenters. The molecule has 1 amide bonds. The van der Waals surface area contributed by atoms with Crippen molar-refractivity contribution < 1.29 is 24.6 Å². The number of carbonyl (C=O) groups excluding carboxylic acids is 1. The van der Waals surface area contributed by atoms with Gasteiger partial charge in [-0.1, -0.05) is 36.4 Å². The molecule has 1 saturated heterocycles. The molecule has 1 heterocycles. The second-order valence-corrected chi connectivity index (χ2v) is 7.19. The summed E-state index contributed by atoms with van der Waals surface area (Å²) in [4.78, 5) is 39.3. The number of thioether (sulfide) groups is 1. The van der Waals surface area contributed by atoms with Gasteiger partial charge in [0.1, 0.15) is 0 Å². The molecule has 0 saturated carbocycles. The Labute approximate surface area is 170 Å². The smallest absolute Gasteiger partial charge is 0.335 e. The number of carboxylic acid groups (broad SMARTS) is 2. The summed E-state index contributed by atoms with van der Waals surface area (Å²) >= 11 is 1.10. The van der Waals surface area contributed by atoms with E-state index in [2.05, 4.69) is 10.3 Å². The Bertz CT molecular complexity index is 1060. The van der Waals surface area contributed by atoms with Crippen LogP contribution in [0.1, 0.15) is 33.2 Å². The van der Waals surface area contributed by atoms with Crippen LogP contribution in [-0.4, -0.2) is 33.2 Å². The standard InChI is InChI=1S/C21H16N2O5S/c1-12(7-13-5-3-2-4-6-13)8-17-18(24)23-21(29-17)22-16-10-14(19(25)26)9-15(11-16)20(27)28/h2-11H,1H3,(H,25,26)(H,27,28)(H,22,23,24)/b12-7+,17-8-. The van der Waals surface area contributed by atoms with Gasteiger partial charge in [0.25, 0.3) is 5.91 Å². The molecule has 7 nitrogen and oxygen atoms in total. The number of hydrogen-bond donors (Lipinski definition) is 3. The SMILES string of the molecule is CC(/C=C1\SC(=Nc2cc(C(=O)O)cc(C(=O)O)c2)NC1=O)=C\c1ccccc1. The molecule has 0 bridgehead atoms. The van der Waals surface area contributed by atoms with Gasteiger partial charge in [0.2, 0.25) is 0 Å². The Morgan fingerprint density at radius 2 is 1.66 bits per heavy atom. The molecule has 1 fully saturated rings. The Kier molecular flexibility index (Phi) is 5.94. The Morgan fingerprint density at radius 1 is 1.03 bits per heavy atom. The minimum absolute atomic E-state index is 0.128.